The lowest BCUT2D eigenvalue weighted by molar-refractivity contribution is 0.289. The van der Waals surface area contributed by atoms with Gasteiger partial charge in [-0.1, -0.05) is 48.7 Å². The van der Waals surface area contributed by atoms with Crippen LogP contribution in [0.1, 0.15) is 62.0 Å². The van der Waals surface area contributed by atoms with Gasteiger partial charge in [-0.25, -0.2) is 0 Å². The van der Waals surface area contributed by atoms with Crippen molar-refractivity contribution >= 4 is 5.71 Å². The van der Waals surface area contributed by atoms with Gasteiger partial charge in [-0.3, -0.25) is 0 Å². The third kappa shape index (κ3) is 2.05. The molecule has 0 heterocycles. The van der Waals surface area contributed by atoms with Crippen molar-refractivity contribution in [3.05, 3.63) is 35.4 Å². The zero-order chi connectivity index (χ0) is 12.4. The number of nitrogens with zero attached hydrogens (tertiary/aromatic N) is 1. The molecule has 1 atom stereocenters. The average molecular weight is 243 g/mol. The molecule has 0 saturated heterocycles. The molecule has 1 aromatic carbocycles. The summed E-state index contributed by atoms with van der Waals surface area (Å²) in [5.41, 5.74) is 3.47. The average Bonchev–Trinajstić information content (AvgIpc) is 2.47. The maximum atomic E-state index is 9.12. The second-order valence-corrected chi connectivity index (χ2v) is 5.68. The molecule has 96 valence electrons. The fourth-order valence-electron chi connectivity index (χ4n) is 3.80. The van der Waals surface area contributed by atoms with Crippen LogP contribution in [0.25, 0.3) is 0 Å². The Kier molecular flexibility index (Phi) is 3.35. The largest absolute Gasteiger partial charge is 0.411 e. The van der Waals surface area contributed by atoms with E-state index in [1.165, 1.54) is 43.2 Å². The first kappa shape index (κ1) is 11.8. The molecule has 2 nitrogen and oxygen atoms in total. The quantitative estimate of drug-likeness (QED) is 0.578. The number of hydrogen-bond donors (Lipinski definition) is 1. The summed E-state index contributed by atoms with van der Waals surface area (Å²) in [6, 6.07) is 8.51. The predicted molar refractivity (Wildman–Crippen MR) is 73.3 cm³/mol. The molecule has 0 bridgehead atoms. The van der Waals surface area contributed by atoms with Gasteiger partial charge in [-0.2, -0.15) is 0 Å². The maximum Gasteiger partial charge on any atom is 0.0870 e. The van der Waals surface area contributed by atoms with Crippen molar-refractivity contribution < 1.29 is 5.21 Å². The van der Waals surface area contributed by atoms with E-state index in [1.807, 2.05) is 6.07 Å². The Balaban J connectivity index is 1.93. The highest BCUT2D eigenvalue weighted by Gasteiger charge is 2.31. The van der Waals surface area contributed by atoms with Gasteiger partial charge in [0.2, 0.25) is 0 Å². The molecule has 0 aromatic heterocycles. The minimum atomic E-state index is 0.687. The fraction of sp³-hybridized carbons (Fsp3) is 0.562. The van der Waals surface area contributed by atoms with E-state index >= 15 is 0 Å². The molecule has 1 aromatic rings. The van der Waals surface area contributed by atoms with Crippen LogP contribution in [0.2, 0.25) is 0 Å². The predicted octanol–water partition coefficient (Wildman–Crippen LogP) is 4.32. The van der Waals surface area contributed by atoms with Crippen molar-refractivity contribution in [1.82, 2.24) is 0 Å². The van der Waals surface area contributed by atoms with E-state index < -0.39 is 0 Å². The van der Waals surface area contributed by atoms with Gasteiger partial charge in [0.15, 0.2) is 0 Å². The zero-order valence-corrected chi connectivity index (χ0v) is 10.8. The minimum Gasteiger partial charge on any atom is -0.411 e. The molecule has 2 heteroatoms. The van der Waals surface area contributed by atoms with Crippen LogP contribution in [0.3, 0.4) is 0 Å². The summed E-state index contributed by atoms with van der Waals surface area (Å²) >= 11 is 0. The number of hydrogen-bond acceptors (Lipinski definition) is 2. The van der Waals surface area contributed by atoms with E-state index in [1.54, 1.807) is 0 Å². The van der Waals surface area contributed by atoms with Crippen molar-refractivity contribution in [2.24, 2.45) is 11.1 Å². The molecule has 0 amide bonds. The third-order valence-electron chi connectivity index (χ3n) is 4.70. The van der Waals surface area contributed by atoms with Crippen LogP contribution >= 0.6 is 0 Å². The highest BCUT2D eigenvalue weighted by atomic mass is 16.4. The van der Waals surface area contributed by atoms with Crippen LogP contribution in [0.15, 0.2) is 29.4 Å². The lowest BCUT2D eigenvalue weighted by Crippen LogP contribution is -2.24. The van der Waals surface area contributed by atoms with Crippen molar-refractivity contribution in [2.45, 2.75) is 50.9 Å². The van der Waals surface area contributed by atoms with Crippen molar-refractivity contribution in [2.75, 3.05) is 0 Å². The topological polar surface area (TPSA) is 32.6 Å². The summed E-state index contributed by atoms with van der Waals surface area (Å²) < 4.78 is 0. The Hall–Kier alpha value is -1.31. The first-order chi connectivity index (χ1) is 8.90. The van der Waals surface area contributed by atoms with Gasteiger partial charge in [0.1, 0.15) is 0 Å². The number of fused-ring (bicyclic) bond motifs is 1. The summed E-state index contributed by atoms with van der Waals surface area (Å²) in [5.74, 6) is 1.53. The molecule has 2 aliphatic rings. The first-order valence-electron chi connectivity index (χ1n) is 7.20. The van der Waals surface area contributed by atoms with E-state index in [-0.39, 0.29) is 0 Å². The molecule has 0 radical (unpaired) electrons. The first-order valence-corrected chi connectivity index (χ1v) is 7.20. The molecule has 1 fully saturated rings. The van der Waals surface area contributed by atoms with Gasteiger partial charge in [-0.15, -0.1) is 0 Å². The highest BCUT2D eigenvalue weighted by molar-refractivity contribution is 6.02. The van der Waals surface area contributed by atoms with E-state index in [9.17, 15) is 0 Å². The van der Waals surface area contributed by atoms with Gasteiger partial charge < -0.3 is 5.21 Å². The van der Waals surface area contributed by atoms with Gasteiger partial charge in [0, 0.05) is 5.56 Å². The molecular formula is C16H21NO. The van der Waals surface area contributed by atoms with E-state index in [0.29, 0.717) is 5.92 Å². The fourth-order valence-corrected chi connectivity index (χ4v) is 3.80. The minimum absolute atomic E-state index is 0.687. The van der Waals surface area contributed by atoms with Crippen LogP contribution in [0.4, 0.5) is 0 Å². The standard InChI is InChI=1S/C16H21NO/c18-17-16-11-10-13(12-6-2-1-3-7-12)14-8-4-5-9-15(14)16/h4-5,8-9,12-13,18H,1-3,6-7,10-11H2/b17-16-/t13-/m1/s1. The Labute approximate surface area is 109 Å². The Morgan fingerprint density at radius 1 is 1.00 bits per heavy atom. The summed E-state index contributed by atoms with van der Waals surface area (Å²) in [5, 5.41) is 12.6. The van der Waals surface area contributed by atoms with Crippen LogP contribution in [0, 0.1) is 5.92 Å². The second kappa shape index (κ2) is 5.13. The van der Waals surface area contributed by atoms with Crippen molar-refractivity contribution in [1.29, 1.82) is 0 Å². The highest BCUT2D eigenvalue weighted by Crippen LogP contribution is 2.42. The summed E-state index contributed by atoms with van der Waals surface area (Å²) in [6.45, 7) is 0. The Bertz CT molecular complexity index is 446. The zero-order valence-electron chi connectivity index (χ0n) is 10.8. The van der Waals surface area contributed by atoms with Gasteiger partial charge in [-0.05, 0) is 43.1 Å². The second-order valence-electron chi connectivity index (χ2n) is 5.68. The molecule has 0 aliphatic heterocycles. The molecule has 0 unspecified atom stereocenters. The molecule has 18 heavy (non-hydrogen) atoms. The number of rotatable bonds is 1. The molecular weight excluding hydrogens is 222 g/mol. The van der Waals surface area contributed by atoms with E-state index in [0.717, 1.165) is 24.5 Å². The smallest absolute Gasteiger partial charge is 0.0870 e. The van der Waals surface area contributed by atoms with Gasteiger partial charge >= 0.3 is 0 Å². The number of oxime groups is 1. The molecule has 3 rings (SSSR count). The van der Waals surface area contributed by atoms with E-state index in [4.69, 9.17) is 5.21 Å². The number of benzene rings is 1. The molecule has 2 aliphatic carbocycles. The SMILES string of the molecule is O/N=C1/CC[C@H](C2CCCCC2)c2ccccc21. The van der Waals surface area contributed by atoms with Crippen molar-refractivity contribution in [3.8, 4) is 0 Å². The monoisotopic (exact) mass is 243 g/mol. The Morgan fingerprint density at radius 2 is 1.78 bits per heavy atom. The third-order valence-corrected chi connectivity index (χ3v) is 4.70. The summed E-state index contributed by atoms with van der Waals surface area (Å²) in [4.78, 5) is 0. The maximum absolute atomic E-state index is 9.12. The molecule has 0 spiro atoms. The summed E-state index contributed by atoms with van der Waals surface area (Å²) in [7, 11) is 0. The Morgan fingerprint density at radius 3 is 2.56 bits per heavy atom. The molecule has 1 N–H and O–H groups in total. The molecule has 1 saturated carbocycles. The lowest BCUT2D eigenvalue weighted by Gasteiger charge is -2.34. The van der Waals surface area contributed by atoms with Gasteiger partial charge in [0.05, 0.1) is 5.71 Å². The van der Waals surface area contributed by atoms with Crippen LogP contribution in [-0.2, 0) is 0 Å². The lowest BCUT2D eigenvalue weighted by atomic mass is 9.70. The van der Waals surface area contributed by atoms with Gasteiger partial charge in [0.25, 0.3) is 0 Å². The van der Waals surface area contributed by atoms with Crippen LogP contribution < -0.4 is 0 Å². The van der Waals surface area contributed by atoms with Crippen molar-refractivity contribution in [3.63, 3.8) is 0 Å². The van der Waals surface area contributed by atoms with E-state index in [2.05, 4.69) is 23.4 Å². The summed E-state index contributed by atoms with van der Waals surface area (Å²) in [6.07, 6.45) is 9.04. The van der Waals surface area contributed by atoms with Crippen LogP contribution in [-0.4, -0.2) is 10.9 Å². The normalized spacial score (nSPS) is 27.1. The van der Waals surface area contributed by atoms with Crippen LogP contribution in [0.5, 0.6) is 0 Å².